The fraction of sp³-hybridized carbons (Fsp3) is 0.364. The van der Waals surface area contributed by atoms with Crippen molar-refractivity contribution in [1.29, 1.82) is 0 Å². The molecule has 0 unspecified atom stereocenters. The number of carbonyl (C=O) groups is 1. The van der Waals surface area contributed by atoms with E-state index in [0.717, 1.165) is 33.6 Å². The molecule has 0 aliphatic carbocycles. The van der Waals surface area contributed by atoms with Crippen LogP contribution in [0.25, 0.3) is 10.2 Å². The Bertz CT molecular complexity index is 1090. The summed E-state index contributed by atoms with van der Waals surface area (Å²) in [6.45, 7) is 3.21. The van der Waals surface area contributed by atoms with E-state index in [2.05, 4.69) is 6.07 Å². The zero-order valence-corrected chi connectivity index (χ0v) is 18.0. The first-order valence-corrected chi connectivity index (χ1v) is 12.3. The summed E-state index contributed by atoms with van der Waals surface area (Å²) in [4.78, 5) is 19.6. The first-order valence-electron chi connectivity index (χ1n) is 9.85. The Morgan fingerprint density at radius 2 is 1.93 bits per heavy atom. The van der Waals surface area contributed by atoms with Gasteiger partial charge in [-0.2, -0.15) is 0 Å². The number of aromatic nitrogens is 1. The summed E-state index contributed by atoms with van der Waals surface area (Å²) in [5.41, 5.74) is 2.01. The molecule has 3 aromatic rings. The lowest BCUT2D eigenvalue weighted by molar-refractivity contribution is -0.131. The van der Waals surface area contributed by atoms with Gasteiger partial charge in [-0.05, 0) is 44.0 Å². The summed E-state index contributed by atoms with van der Waals surface area (Å²) >= 11 is 1.69. The van der Waals surface area contributed by atoms with Crippen LogP contribution in [0.5, 0.6) is 0 Å². The highest BCUT2D eigenvalue weighted by molar-refractivity contribution is 7.91. The molecule has 1 aliphatic heterocycles. The van der Waals surface area contributed by atoms with Gasteiger partial charge in [-0.1, -0.05) is 29.8 Å². The van der Waals surface area contributed by atoms with Crippen molar-refractivity contribution in [3.63, 3.8) is 0 Å². The molecule has 1 atom stereocenters. The van der Waals surface area contributed by atoms with Crippen LogP contribution in [0.15, 0.2) is 53.4 Å². The van der Waals surface area contributed by atoms with Crippen molar-refractivity contribution in [2.75, 3.05) is 18.8 Å². The lowest BCUT2D eigenvalue weighted by atomic mass is 9.98. The van der Waals surface area contributed by atoms with E-state index in [1.54, 1.807) is 35.6 Å². The zero-order valence-electron chi connectivity index (χ0n) is 16.4. The predicted molar refractivity (Wildman–Crippen MR) is 116 cm³/mol. The van der Waals surface area contributed by atoms with Crippen LogP contribution >= 0.6 is 11.3 Å². The maximum absolute atomic E-state index is 12.7. The summed E-state index contributed by atoms with van der Waals surface area (Å²) in [5.74, 6) is -0.0256. The average Bonchev–Trinajstić information content (AvgIpc) is 3.17. The van der Waals surface area contributed by atoms with Crippen LogP contribution in [0.4, 0.5) is 0 Å². The van der Waals surface area contributed by atoms with E-state index >= 15 is 0 Å². The number of carbonyl (C=O) groups excluding carboxylic acids is 1. The van der Waals surface area contributed by atoms with Gasteiger partial charge in [0.1, 0.15) is 0 Å². The Balaban J connectivity index is 1.40. The van der Waals surface area contributed by atoms with E-state index < -0.39 is 9.84 Å². The van der Waals surface area contributed by atoms with Crippen LogP contribution in [0, 0.1) is 6.92 Å². The van der Waals surface area contributed by atoms with Gasteiger partial charge < -0.3 is 4.90 Å². The van der Waals surface area contributed by atoms with Crippen LogP contribution in [0.2, 0.25) is 0 Å². The third-order valence-electron chi connectivity index (χ3n) is 5.40. The summed E-state index contributed by atoms with van der Waals surface area (Å²) in [6.07, 6.45) is 1.94. The average molecular weight is 429 g/mol. The molecule has 5 nitrogen and oxygen atoms in total. The maximum Gasteiger partial charge on any atom is 0.223 e. The second-order valence-corrected chi connectivity index (χ2v) is 10.8. The number of benzene rings is 2. The van der Waals surface area contributed by atoms with E-state index in [4.69, 9.17) is 4.98 Å². The van der Waals surface area contributed by atoms with Gasteiger partial charge in [0.05, 0.1) is 25.9 Å². The number of aryl methyl sites for hydroxylation is 1. The van der Waals surface area contributed by atoms with E-state index in [1.165, 1.54) is 0 Å². The smallest absolute Gasteiger partial charge is 0.223 e. The van der Waals surface area contributed by atoms with Crippen molar-refractivity contribution in [2.24, 2.45) is 0 Å². The third-order valence-corrected chi connectivity index (χ3v) is 8.33. The molecule has 1 saturated heterocycles. The Labute approximate surface area is 175 Å². The highest BCUT2D eigenvalue weighted by Crippen LogP contribution is 2.33. The largest absolute Gasteiger partial charge is 0.342 e. The molecule has 2 heterocycles. The molecule has 1 aliphatic rings. The normalized spacial score (nSPS) is 17.6. The minimum atomic E-state index is -3.45. The molecule has 0 saturated carbocycles. The monoisotopic (exact) mass is 428 g/mol. The molecule has 4 rings (SSSR count). The summed E-state index contributed by atoms with van der Waals surface area (Å²) < 4.78 is 26.2. The van der Waals surface area contributed by atoms with Crippen LogP contribution in [0.3, 0.4) is 0 Å². The molecular weight excluding hydrogens is 404 g/mol. The molecule has 29 heavy (non-hydrogen) atoms. The fourth-order valence-corrected chi connectivity index (χ4v) is 6.04. The first-order chi connectivity index (χ1) is 13.9. The molecule has 0 N–H and O–H groups in total. The lowest BCUT2D eigenvalue weighted by Crippen LogP contribution is -2.39. The molecule has 0 bridgehead atoms. The molecule has 2 aromatic carbocycles. The molecule has 1 fully saturated rings. The molecular formula is C22H24N2O3S2. The van der Waals surface area contributed by atoms with Crippen LogP contribution < -0.4 is 0 Å². The SMILES string of the molecule is Cc1ccc(S(=O)(=O)CCC(=O)N2CCC[C@@H](c3nc4ccccc4s3)C2)cc1. The van der Waals surface area contributed by atoms with E-state index in [1.807, 2.05) is 30.0 Å². The highest BCUT2D eigenvalue weighted by atomic mass is 32.2. The Kier molecular flexibility index (Phi) is 5.69. The van der Waals surface area contributed by atoms with Gasteiger partial charge in [-0.3, -0.25) is 4.79 Å². The van der Waals surface area contributed by atoms with Gasteiger partial charge in [0.2, 0.25) is 5.91 Å². The second kappa shape index (κ2) is 8.24. The van der Waals surface area contributed by atoms with E-state index in [9.17, 15) is 13.2 Å². The third kappa shape index (κ3) is 4.51. The maximum atomic E-state index is 12.7. The topological polar surface area (TPSA) is 67.3 Å². The number of nitrogens with zero attached hydrogens (tertiary/aromatic N) is 2. The standard InChI is InChI=1S/C22H24N2O3S2/c1-16-8-10-18(11-9-16)29(26,27)14-12-21(25)24-13-4-5-17(15-24)22-23-19-6-2-3-7-20(19)28-22/h2-3,6-11,17H,4-5,12-15H2,1H3/t17-/m1/s1. The first kappa shape index (κ1) is 20.0. The van der Waals surface area contributed by atoms with Crippen LogP contribution in [-0.2, 0) is 14.6 Å². The zero-order chi connectivity index (χ0) is 20.4. The number of thiazole rings is 1. The number of likely N-dealkylation sites (tertiary alicyclic amines) is 1. The Hall–Kier alpha value is -2.25. The van der Waals surface area contributed by atoms with E-state index in [-0.39, 0.29) is 28.9 Å². The van der Waals surface area contributed by atoms with Crippen molar-refractivity contribution in [2.45, 2.75) is 37.0 Å². The number of hydrogen-bond donors (Lipinski definition) is 0. The quantitative estimate of drug-likeness (QED) is 0.612. The molecule has 0 spiro atoms. The van der Waals surface area contributed by atoms with E-state index in [0.29, 0.717) is 13.1 Å². The van der Waals surface area contributed by atoms with Gasteiger partial charge in [-0.25, -0.2) is 13.4 Å². The van der Waals surface area contributed by atoms with Crippen molar-refractivity contribution in [3.8, 4) is 0 Å². The van der Waals surface area contributed by atoms with Gasteiger partial charge in [0.25, 0.3) is 0 Å². The molecule has 1 amide bonds. The van der Waals surface area contributed by atoms with Crippen LogP contribution in [0.1, 0.15) is 35.8 Å². The van der Waals surface area contributed by atoms with Crippen LogP contribution in [-0.4, -0.2) is 43.1 Å². The van der Waals surface area contributed by atoms with Gasteiger partial charge in [0.15, 0.2) is 9.84 Å². The summed E-state index contributed by atoms with van der Waals surface area (Å²) in [7, 11) is -3.45. The number of para-hydroxylation sites is 1. The number of piperidine rings is 1. The summed E-state index contributed by atoms with van der Waals surface area (Å²) in [6, 6.07) is 14.9. The van der Waals surface area contributed by atoms with Crippen molar-refractivity contribution in [1.82, 2.24) is 9.88 Å². The molecule has 1 aromatic heterocycles. The molecule has 7 heteroatoms. The van der Waals surface area contributed by atoms with Crippen molar-refractivity contribution < 1.29 is 13.2 Å². The second-order valence-electron chi connectivity index (χ2n) is 7.58. The number of sulfone groups is 1. The highest BCUT2D eigenvalue weighted by Gasteiger charge is 2.28. The van der Waals surface area contributed by atoms with Gasteiger partial charge in [0, 0.05) is 25.4 Å². The van der Waals surface area contributed by atoms with Gasteiger partial charge >= 0.3 is 0 Å². The predicted octanol–water partition coefficient (Wildman–Crippen LogP) is 4.17. The van der Waals surface area contributed by atoms with Crippen molar-refractivity contribution in [3.05, 3.63) is 59.1 Å². The van der Waals surface area contributed by atoms with Crippen molar-refractivity contribution >= 4 is 37.3 Å². The number of hydrogen-bond acceptors (Lipinski definition) is 5. The lowest BCUT2D eigenvalue weighted by Gasteiger charge is -2.32. The minimum Gasteiger partial charge on any atom is -0.342 e. The minimum absolute atomic E-state index is 0.0166. The Morgan fingerprint density at radius 3 is 2.69 bits per heavy atom. The molecule has 0 radical (unpaired) electrons. The fourth-order valence-electron chi connectivity index (χ4n) is 3.71. The number of rotatable bonds is 5. The van der Waals surface area contributed by atoms with Gasteiger partial charge in [-0.15, -0.1) is 11.3 Å². The molecule has 152 valence electrons. The number of fused-ring (bicyclic) bond motifs is 1. The number of amides is 1. The summed E-state index contributed by atoms with van der Waals surface area (Å²) in [5, 5.41) is 1.07. The Morgan fingerprint density at radius 1 is 1.17 bits per heavy atom.